The van der Waals surface area contributed by atoms with Crippen molar-refractivity contribution >= 4 is 5.97 Å². The molecule has 2 N–H and O–H groups in total. The maximum atomic E-state index is 10.5. The summed E-state index contributed by atoms with van der Waals surface area (Å²) in [5.74, 6) is -0.993. The van der Waals surface area contributed by atoms with Crippen molar-refractivity contribution in [3.05, 3.63) is 29.6 Å². The van der Waals surface area contributed by atoms with E-state index in [1.807, 2.05) is 0 Å². The molecule has 0 amide bonds. The molecule has 12 heavy (non-hydrogen) atoms. The van der Waals surface area contributed by atoms with E-state index in [4.69, 9.17) is 5.11 Å². The topological polar surface area (TPSA) is 62.2 Å². The minimum Gasteiger partial charge on any atom is -0.477 e. The summed E-state index contributed by atoms with van der Waals surface area (Å²) < 4.78 is 0. The molecule has 1 heterocycles. The third-order valence-electron chi connectivity index (χ3n) is 1.38. The molecule has 0 unspecified atom stereocenters. The standard InChI is InChI=1S/C8H10N2O2/c1-9-5-6-3-2-4-7(10-6)8(11)12/h2-4,9H,5H2,1H3,(H,11,12). The fourth-order valence-corrected chi connectivity index (χ4v) is 0.878. The van der Waals surface area contributed by atoms with Crippen LogP contribution in [0.1, 0.15) is 16.2 Å². The predicted octanol–water partition coefficient (Wildman–Crippen LogP) is 0.499. The number of carboxylic acids is 1. The van der Waals surface area contributed by atoms with Crippen LogP contribution < -0.4 is 5.32 Å². The van der Waals surface area contributed by atoms with Crippen LogP contribution in [-0.4, -0.2) is 23.1 Å². The van der Waals surface area contributed by atoms with Gasteiger partial charge in [0.15, 0.2) is 0 Å². The van der Waals surface area contributed by atoms with Crippen molar-refractivity contribution in [2.75, 3.05) is 7.05 Å². The fourth-order valence-electron chi connectivity index (χ4n) is 0.878. The van der Waals surface area contributed by atoms with Crippen molar-refractivity contribution < 1.29 is 9.90 Å². The lowest BCUT2D eigenvalue weighted by atomic mass is 10.3. The van der Waals surface area contributed by atoms with Crippen LogP contribution in [0.15, 0.2) is 18.2 Å². The number of carbonyl (C=O) groups is 1. The zero-order valence-electron chi connectivity index (χ0n) is 6.74. The Morgan fingerprint density at radius 2 is 2.42 bits per heavy atom. The van der Waals surface area contributed by atoms with Gasteiger partial charge in [-0.05, 0) is 19.2 Å². The minimum atomic E-state index is -0.993. The molecule has 0 aliphatic heterocycles. The van der Waals surface area contributed by atoms with Crippen LogP contribution in [0.2, 0.25) is 0 Å². The molecule has 1 rings (SSSR count). The smallest absolute Gasteiger partial charge is 0.354 e. The molecular weight excluding hydrogens is 156 g/mol. The molecule has 0 spiro atoms. The van der Waals surface area contributed by atoms with Gasteiger partial charge in [0.05, 0.1) is 5.69 Å². The molecule has 4 heteroatoms. The maximum absolute atomic E-state index is 10.5. The number of rotatable bonds is 3. The van der Waals surface area contributed by atoms with E-state index in [9.17, 15) is 4.79 Å². The fraction of sp³-hybridized carbons (Fsp3) is 0.250. The van der Waals surface area contributed by atoms with Crippen LogP contribution in [0.4, 0.5) is 0 Å². The van der Waals surface area contributed by atoms with Crippen molar-refractivity contribution in [2.24, 2.45) is 0 Å². The SMILES string of the molecule is CNCc1cccc(C(=O)O)n1. The van der Waals surface area contributed by atoms with E-state index in [1.165, 1.54) is 6.07 Å². The third-order valence-corrected chi connectivity index (χ3v) is 1.38. The van der Waals surface area contributed by atoms with Gasteiger partial charge in [0.2, 0.25) is 0 Å². The van der Waals surface area contributed by atoms with Gasteiger partial charge in [-0.25, -0.2) is 9.78 Å². The first-order valence-corrected chi connectivity index (χ1v) is 3.58. The zero-order valence-corrected chi connectivity index (χ0v) is 6.74. The highest BCUT2D eigenvalue weighted by atomic mass is 16.4. The first kappa shape index (κ1) is 8.67. The lowest BCUT2D eigenvalue weighted by Crippen LogP contribution is -2.09. The second kappa shape index (κ2) is 3.82. The predicted molar refractivity (Wildman–Crippen MR) is 44.0 cm³/mol. The minimum absolute atomic E-state index is 0.0859. The highest BCUT2D eigenvalue weighted by Crippen LogP contribution is 1.98. The summed E-state index contributed by atoms with van der Waals surface area (Å²) in [5.41, 5.74) is 0.820. The van der Waals surface area contributed by atoms with Crippen LogP contribution >= 0.6 is 0 Å². The number of pyridine rings is 1. The van der Waals surface area contributed by atoms with Crippen LogP contribution in [-0.2, 0) is 6.54 Å². The second-order valence-corrected chi connectivity index (χ2v) is 2.35. The number of aromatic carboxylic acids is 1. The van der Waals surface area contributed by atoms with Crippen molar-refractivity contribution in [3.63, 3.8) is 0 Å². The Hall–Kier alpha value is -1.42. The number of aromatic nitrogens is 1. The summed E-state index contributed by atoms with van der Waals surface area (Å²) in [6, 6.07) is 4.94. The summed E-state index contributed by atoms with van der Waals surface area (Å²) >= 11 is 0. The summed E-state index contributed by atoms with van der Waals surface area (Å²) in [6.45, 7) is 0.584. The van der Waals surface area contributed by atoms with Gasteiger partial charge < -0.3 is 10.4 Å². The molecule has 0 saturated carbocycles. The normalized spacial score (nSPS) is 9.75. The number of nitrogens with one attached hydrogen (secondary N) is 1. The van der Waals surface area contributed by atoms with Crippen molar-refractivity contribution in [2.45, 2.75) is 6.54 Å². The molecule has 0 fully saturated rings. The number of nitrogens with zero attached hydrogens (tertiary/aromatic N) is 1. The van der Waals surface area contributed by atoms with Crippen molar-refractivity contribution in [1.82, 2.24) is 10.3 Å². The third kappa shape index (κ3) is 2.03. The molecule has 0 atom stereocenters. The largest absolute Gasteiger partial charge is 0.477 e. The van der Waals surface area contributed by atoms with Crippen molar-refractivity contribution in [3.8, 4) is 0 Å². The first-order valence-electron chi connectivity index (χ1n) is 3.58. The van der Waals surface area contributed by atoms with E-state index in [0.717, 1.165) is 5.69 Å². The molecular formula is C8H10N2O2. The van der Waals surface area contributed by atoms with E-state index < -0.39 is 5.97 Å². The van der Waals surface area contributed by atoms with E-state index in [0.29, 0.717) is 6.54 Å². The first-order chi connectivity index (χ1) is 5.74. The van der Waals surface area contributed by atoms with E-state index >= 15 is 0 Å². The average molecular weight is 166 g/mol. The maximum Gasteiger partial charge on any atom is 0.354 e. The molecule has 64 valence electrons. The van der Waals surface area contributed by atoms with Crippen LogP contribution in [0.25, 0.3) is 0 Å². The van der Waals surface area contributed by atoms with E-state index in [-0.39, 0.29) is 5.69 Å². The Bertz CT molecular complexity index is 286. The van der Waals surface area contributed by atoms with Gasteiger partial charge in [0.1, 0.15) is 5.69 Å². The monoisotopic (exact) mass is 166 g/mol. The van der Waals surface area contributed by atoms with Crippen LogP contribution in [0.3, 0.4) is 0 Å². The Kier molecular flexibility index (Phi) is 2.76. The van der Waals surface area contributed by atoms with Gasteiger partial charge in [-0.2, -0.15) is 0 Å². The summed E-state index contributed by atoms with van der Waals surface area (Å²) in [4.78, 5) is 14.4. The number of hydrogen-bond donors (Lipinski definition) is 2. The highest BCUT2D eigenvalue weighted by Gasteiger charge is 2.03. The quantitative estimate of drug-likeness (QED) is 0.686. The number of hydrogen-bond acceptors (Lipinski definition) is 3. The molecule has 0 radical (unpaired) electrons. The molecule has 1 aromatic rings. The summed E-state index contributed by atoms with van der Waals surface area (Å²) in [5, 5.41) is 11.5. The van der Waals surface area contributed by atoms with E-state index in [1.54, 1.807) is 19.2 Å². The van der Waals surface area contributed by atoms with Crippen LogP contribution in [0, 0.1) is 0 Å². The molecule has 0 aliphatic rings. The number of carboxylic acid groups (broad SMARTS) is 1. The van der Waals surface area contributed by atoms with Gasteiger partial charge in [-0.3, -0.25) is 0 Å². The molecule has 0 saturated heterocycles. The molecule has 0 bridgehead atoms. The molecule has 0 aliphatic carbocycles. The van der Waals surface area contributed by atoms with Gasteiger partial charge in [0, 0.05) is 6.54 Å². The van der Waals surface area contributed by atoms with Crippen molar-refractivity contribution in [1.29, 1.82) is 0 Å². The van der Waals surface area contributed by atoms with Crippen LogP contribution in [0.5, 0.6) is 0 Å². The Morgan fingerprint density at radius 1 is 1.67 bits per heavy atom. The Morgan fingerprint density at radius 3 is 3.00 bits per heavy atom. The Labute approximate surface area is 70.3 Å². The Balaban J connectivity index is 2.88. The highest BCUT2D eigenvalue weighted by molar-refractivity contribution is 5.85. The van der Waals surface area contributed by atoms with Gasteiger partial charge in [-0.15, -0.1) is 0 Å². The summed E-state index contributed by atoms with van der Waals surface area (Å²) in [7, 11) is 1.79. The molecule has 0 aromatic carbocycles. The van der Waals surface area contributed by atoms with Gasteiger partial charge in [0.25, 0.3) is 0 Å². The zero-order chi connectivity index (χ0) is 8.97. The second-order valence-electron chi connectivity index (χ2n) is 2.35. The molecule has 1 aromatic heterocycles. The van der Waals surface area contributed by atoms with E-state index in [2.05, 4.69) is 10.3 Å². The lowest BCUT2D eigenvalue weighted by molar-refractivity contribution is 0.0690. The van der Waals surface area contributed by atoms with Gasteiger partial charge >= 0.3 is 5.97 Å². The van der Waals surface area contributed by atoms with Gasteiger partial charge in [-0.1, -0.05) is 6.07 Å². The summed E-state index contributed by atoms with van der Waals surface area (Å²) in [6.07, 6.45) is 0. The average Bonchev–Trinajstić information content (AvgIpc) is 2.05. The lowest BCUT2D eigenvalue weighted by Gasteiger charge is -1.99. The molecule has 4 nitrogen and oxygen atoms in total.